The van der Waals surface area contributed by atoms with Crippen molar-refractivity contribution >= 4 is 11.6 Å². The summed E-state index contributed by atoms with van der Waals surface area (Å²) < 4.78 is 13.4. The highest BCUT2D eigenvalue weighted by Crippen LogP contribution is 2.26. The number of rotatable bonds is 3. The van der Waals surface area contributed by atoms with Crippen LogP contribution in [-0.4, -0.2) is 10.2 Å². The maximum atomic E-state index is 13.4. The SMILES string of the molecule is CCc1cc(C(C#N)c2ccc(F)c(C#N)c2)nnc1Cl. The molecule has 1 aromatic carbocycles. The van der Waals surface area contributed by atoms with Crippen LogP contribution in [0.2, 0.25) is 5.15 Å². The number of hydrogen-bond acceptors (Lipinski definition) is 4. The number of benzene rings is 1. The molecule has 0 fully saturated rings. The van der Waals surface area contributed by atoms with E-state index >= 15 is 0 Å². The molecule has 21 heavy (non-hydrogen) atoms. The third-order valence-electron chi connectivity index (χ3n) is 3.09. The number of halogens is 2. The van der Waals surface area contributed by atoms with Crippen molar-refractivity contribution in [1.29, 1.82) is 10.5 Å². The molecule has 1 atom stereocenters. The first kappa shape index (κ1) is 14.9. The Bertz CT molecular complexity index is 761. The second-order valence-corrected chi connectivity index (χ2v) is 4.71. The van der Waals surface area contributed by atoms with E-state index in [1.807, 2.05) is 6.92 Å². The summed E-state index contributed by atoms with van der Waals surface area (Å²) in [6, 6.07) is 9.55. The molecule has 0 bridgehead atoms. The zero-order valence-corrected chi connectivity index (χ0v) is 11.9. The van der Waals surface area contributed by atoms with Crippen LogP contribution in [0.1, 0.15) is 35.2 Å². The Hall–Kier alpha value is -2.50. The first-order chi connectivity index (χ1) is 10.1. The standard InChI is InChI=1S/C15H10ClFN4/c1-2-9-6-14(20-21-15(9)16)12(8-19)10-3-4-13(17)11(5-10)7-18/h3-6,12H,2H2,1H3. The smallest absolute Gasteiger partial charge is 0.154 e. The van der Waals surface area contributed by atoms with E-state index in [1.54, 1.807) is 12.1 Å². The summed E-state index contributed by atoms with van der Waals surface area (Å²) in [5.74, 6) is -1.35. The molecule has 0 radical (unpaired) electrons. The lowest BCUT2D eigenvalue weighted by atomic mass is 9.94. The van der Waals surface area contributed by atoms with E-state index in [2.05, 4.69) is 16.3 Å². The zero-order chi connectivity index (χ0) is 15.4. The number of aromatic nitrogens is 2. The van der Waals surface area contributed by atoms with Crippen LogP contribution in [0.3, 0.4) is 0 Å². The van der Waals surface area contributed by atoms with E-state index in [9.17, 15) is 9.65 Å². The number of hydrogen-bond donors (Lipinski definition) is 0. The van der Waals surface area contributed by atoms with Gasteiger partial charge in [0.15, 0.2) is 5.15 Å². The van der Waals surface area contributed by atoms with Crippen LogP contribution >= 0.6 is 11.6 Å². The van der Waals surface area contributed by atoms with Gasteiger partial charge in [-0.15, -0.1) is 5.10 Å². The first-order valence-electron chi connectivity index (χ1n) is 6.21. The van der Waals surface area contributed by atoms with Crippen molar-refractivity contribution in [2.45, 2.75) is 19.3 Å². The second-order valence-electron chi connectivity index (χ2n) is 4.35. The lowest BCUT2D eigenvalue weighted by Gasteiger charge is -2.10. The maximum absolute atomic E-state index is 13.4. The molecule has 0 saturated carbocycles. The Morgan fingerprint density at radius 3 is 2.67 bits per heavy atom. The van der Waals surface area contributed by atoms with Crippen molar-refractivity contribution in [2.75, 3.05) is 0 Å². The molecule has 0 aliphatic heterocycles. The molecule has 1 aromatic heterocycles. The van der Waals surface area contributed by atoms with Crippen molar-refractivity contribution < 1.29 is 4.39 Å². The van der Waals surface area contributed by atoms with Gasteiger partial charge >= 0.3 is 0 Å². The normalized spacial score (nSPS) is 11.5. The van der Waals surface area contributed by atoms with E-state index in [0.717, 1.165) is 5.56 Å². The van der Waals surface area contributed by atoms with Crippen molar-refractivity contribution in [1.82, 2.24) is 10.2 Å². The zero-order valence-electron chi connectivity index (χ0n) is 11.1. The van der Waals surface area contributed by atoms with E-state index in [-0.39, 0.29) is 5.56 Å². The Balaban J connectivity index is 2.50. The van der Waals surface area contributed by atoms with Crippen molar-refractivity contribution in [3.05, 3.63) is 57.6 Å². The van der Waals surface area contributed by atoms with Gasteiger partial charge in [0.2, 0.25) is 0 Å². The van der Waals surface area contributed by atoms with Crippen LogP contribution < -0.4 is 0 Å². The molecule has 1 unspecified atom stereocenters. The predicted molar refractivity (Wildman–Crippen MR) is 75.0 cm³/mol. The lowest BCUT2D eigenvalue weighted by molar-refractivity contribution is 0.623. The molecular weight excluding hydrogens is 291 g/mol. The molecular formula is C15H10ClFN4. The molecule has 0 aliphatic carbocycles. The average Bonchev–Trinajstić information content (AvgIpc) is 2.51. The van der Waals surface area contributed by atoms with Gasteiger partial charge in [-0.2, -0.15) is 15.6 Å². The molecule has 1 heterocycles. The van der Waals surface area contributed by atoms with Gasteiger partial charge in [0.25, 0.3) is 0 Å². The fourth-order valence-electron chi connectivity index (χ4n) is 1.94. The molecule has 0 saturated heterocycles. The minimum absolute atomic E-state index is 0.106. The third kappa shape index (κ3) is 2.99. The predicted octanol–water partition coefficient (Wildman–Crippen LogP) is 3.36. The van der Waals surface area contributed by atoms with Gasteiger partial charge < -0.3 is 0 Å². The summed E-state index contributed by atoms with van der Waals surface area (Å²) >= 11 is 5.91. The van der Waals surface area contributed by atoms with Crippen LogP contribution in [-0.2, 0) is 6.42 Å². The van der Waals surface area contributed by atoms with Gasteiger partial charge in [0, 0.05) is 0 Å². The fourth-order valence-corrected chi connectivity index (χ4v) is 2.17. The Kier molecular flexibility index (Phi) is 4.47. The molecule has 0 spiro atoms. The highest BCUT2D eigenvalue weighted by molar-refractivity contribution is 6.30. The summed E-state index contributed by atoms with van der Waals surface area (Å²) in [5, 5.41) is 26.3. The molecule has 2 rings (SSSR count). The summed E-state index contributed by atoms with van der Waals surface area (Å²) in [6.45, 7) is 1.92. The second kappa shape index (κ2) is 6.30. The van der Waals surface area contributed by atoms with Crippen LogP contribution in [0.15, 0.2) is 24.3 Å². The number of aryl methyl sites for hydroxylation is 1. The van der Waals surface area contributed by atoms with Gasteiger partial charge in [-0.3, -0.25) is 0 Å². The molecule has 2 aromatic rings. The molecule has 0 N–H and O–H groups in total. The average molecular weight is 301 g/mol. The largest absolute Gasteiger partial charge is 0.206 e. The Morgan fingerprint density at radius 2 is 2.05 bits per heavy atom. The van der Waals surface area contributed by atoms with Gasteiger partial charge in [-0.25, -0.2) is 4.39 Å². The van der Waals surface area contributed by atoms with Crippen LogP contribution in [0, 0.1) is 28.5 Å². The van der Waals surface area contributed by atoms with Gasteiger partial charge in [-0.05, 0) is 35.7 Å². The van der Waals surface area contributed by atoms with Crippen molar-refractivity contribution in [2.24, 2.45) is 0 Å². The van der Waals surface area contributed by atoms with Crippen LogP contribution in [0.4, 0.5) is 4.39 Å². The Labute approximate surface area is 126 Å². The summed E-state index contributed by atoms with van der Waals surface area (Å²) in [4.78, 5) is 0. The monoisotopic (exact) mass is 300 g/mol. The summed E-state index contributed by atoms with van der Waals surface area (Å²) in [5.41, 5.74) is 1.60. The topological polar surface area (TPSA) is 73.4 Å². The molecule has 104 valence electrons. The molecule has 0 aliphatic rings. The van der Waals surface area contributed by atoms with E-state index < -0.39 is 11.7 Å². The molecule has 4 nitrogen and oxygen atoms in total. The van der Waals surface area contributed by atoms with E-state index in [4.69, 9.17) is 16.9 Å². The molecule has 6 heteroatoms. The van der Waals surface area contributed by atoms with E-state index in [0.29, 0.717) is 22.8 Å². The van der Waals surface area contributed by atoms with E-state index in [1.165, 1.54) is 18.2 Å². The number of nitrogens with zero attached hydrogens (tertiary/aromatic N) is 4. The lowest BCUT2D eigenvalue weighted by Crippen LogP contribution is -2.05. The minimum atomic E-state index is -0.729. The van der Waals surface area contributed by atoms with Crippen LogP contribution in [0.5, 0.6) is 0 Å². The van der Waals surface area contributed by atoms with Crippen molar-refractivity contribution in [3.63, 3.8) is 0 Å². The molecule has 0 amide bonds. The third-order valence-corrected chi connectivity index (χ3v) is 3.41. The van der Waals surface area contributed by atoms with Gasteiger partial charge in [-0.1, -0.05) is 24.6 Å². The van der Waals surface area contributed by atoms with Gasteiger partial charge in [0.05, 0.1) is 17.3 Å². The summed E-state index contributed by atoms with van der Waals surface area (Å²) in [6.07, 6.45) is 0.659. The summed E-state index contributed by atoms with van der Waals surface area (Å²) in [7, 11) is 0. The highest BCUT2D eigenvalue weighted by Gasteiger charge is 2.18. The minimum Gasteiger partial charge on any atom is -0.206 e. The van der Waals surface area contributed by atoms with Crippen LogP contribution in [0.25, 0.3) is 0 Å². The first-order valence-corrected chi connectivity index (χ1v) is 6.59. The fraction of sp³-hybridized carbons (Fsp3) is 0.200. The maximum Gasteiger partial charge on any atom is 0.154 e. The number of nitriles is 2. The Morgan fingerprint density at radius 1 is 1.29 bits per heavy atom. The van der Waals surface area contributed by atoms with Crippen molar-refractivity contribution in [3.8, 4) is 12.1 Å². The van der Waals surface area contributed by atoms with Gasteiger partial charge in [0.1, 0.15) is 17.8 Å². The highest BCUT2D eigenvalue weighted by atomic mass is 35.5. The quantitative estimate of drug-likeness (QED) is 0.871.